The Morgan fingerprint density at radius 1 is 1.04 bits per heavy atom. The van der Waals surface area contributed by atoms with E-state index in [0.717, 1.165) is 31.2 Å². The highest BCUT2D eigenvalue weighted by Crippen LogP contribution is 2.24. The first kappa shape index (κ1) is 18.3. The van der Waals surface area contributed by atoms with Crippen molar-refractivity contribution in [3.8, 4) is 5.75 Å². The van der Waals surface area contributed by atoms with Crippen LogP contribution >= 0.6 is 0 Å². The highest BCUT2D eigenvalue weighted by molar-refractivity contribution is 5.28. The van der Waals surface area contributed by atoms with Crippen LogP contribution in [0.5, 0.6) is 5.75 Å². The molecule has 1 aliphatic rings. The molecule has 1 saturated carbocycles. The minimum absolute atomic E-state index is 0.426. The highest BCUT2D eigenvalue weighted by Gasteiger charge is 2.14. The van der Waals surface area contributed by atoms with Gasteiger partial charge in [0.25, 0.3) is 0 Å². The zero-order valence-electron chi connectivity index (χ0n) is 15.2. The molecule has 130 valence electrons. The van der Waals surface area contributed by atoms with Crippen molar-refractivity contribution < 1.29 is 4.74 Å². The molecule has 1 fully saturated rings. The minimum atomic E-state index is 0.426. The summed E-state index contributed by atoms with van der Waals surface area (Å²) in [4.78, 5) is 0. The van der Waals surface area contributed by atoms with Crippen LogP contribution in [0.15, 0.2) is 24.3 Å². The molecule has 1 atom stereocenters. The summed E-state index contributed by atoms with van der Waals surface area (Å²) in [6, 6.07) is 9.08. The number of unbranched alkanes of at least 4 members (excludes halogenated alkanes) is 3. The number of benzene rings is 1. The second-order valence-electron chi connectivity index (χ2n) is 7.11. The fourth-order valence-electron chi connectivity index (χ4n) is 3.42. The van der Waals surface area contributed by atoms with Gasteiger partial charge in [0.1, 0.15) is 5.75 Å². The standard InChI is InChI=1S/C21H35NO/c1-3-4-5-9-16-23-21-14-12-20(13-15-21)18(2)22-17-19-10-7-6-8-11-19/h12-15,18-19,22H,3-11,16-17H2,1-2H3. The third kappa shape index (κ3) is 6.95. The quantitative estimate of drug-likeness (QED) is 0.544. The van der Waals surface area contributed by atoms with E-state index in [9.17, 15) is 0 Å². The van der Waals surface area contributed by atoms with Gasteiger partial charge >= 0.3 is 0 Å². The van der Waals surface area contributed by atoms with Crippen molar-refractivity contribution in [2.75, 3.05) is 13.2 Å². The van der Waals surface area contributed by atoms with Gasteiger partial charge in [-0.3, -0.25) is 0 Å². The van der Waals surface area contributed by atoms with Crippen molar-refractivity contribution in [1.29, 1.82) is 0 Å². The van der Waals surface area contributed by atoms with Gasteiger partial charge in [-0.2, -0.15) is 0 Å². The van der Waals surface area contributed by atoms with E-state index in [4.69, 9.17) is 4.74 Å². The fourth-order valence-corrected chi connectivity index (χ4v) is 3.42. The maximum Gasteiger partial charge on any atom is 0.119 e. The molecule has 1 aliphatic carbocycles. The Bertz CT molecular complexity index is 408. The van der Waals surface area contributed by atoms with Gasteiger partial charge in [0.2, 0.25) is 0 Å². The zero-order chi connectivity index (χ0) is 16.3. The Labute approximate surface area is 143 Å². The van der Waals surface area contributed by atoms with E-state index >= 15 is 0 Å². The van der Waals surface area contributed by atoms with Gasteiger partial charge in [-0.1, -0.05) is 57.6 Å². The maximum atomic E-state index is 5.82. The van der Waals surface area contributed by atoms with Crippen LogP contribution < -0.4 is 10.1 Å². The Balaban J connectivity index is 1.68. The van der Waals surface area contributed by atoms with Crippen LogP contribution in [0.25, 0.3) is 0 Å². The van der Waals surface area contributed by atoms with E-state index in [1.165, 1.54) is 56.9 Å². The van der Waals surface area contributed by atoms with Crippen molar-refractivity contribution in [3.05, 3.63) is 29.8 Å². The number of nitrogens with one attached hydrogen (secondary N) is 1. The number of hydrogen-bond donors (Lipinski definition) is 1. The van der Waals surface area contributed by atoms with Crippen LogP contribution in [-0.2, 0) is 0 Å². The molecule has 0 spiro atoms. The second kappa shape index (κ2) is 10.7. The topological polar surface area (TPSA) is 21.3 Å². The molecule has 0 heterocycles. The van der Waals surface area contributed by atoms with Crippen molar-refractivity contribution in [3.63, 3.8) is 0 Å². The molecule has 0 bridgehead atoms. The largest absolute Gasteiger partial charge is 0.494 e. The molecule has 0 saturated heterocycles. The first-order valence-corrected chi connectivity index (χ1v) is 9.75. The van der Waals surface area contributed by atoms with E-state index in [1.807, 2.05) is 0 Å². The average Bonchev–Trinajstić information content (AvgIpc) is 2.61. The van der Waals surface area contributed by atoms with Crippen molar-refractivity contribution >= 4 is 0 Å². The lowest BCUT2D eigenvalue weighted by Gasteiger charge is -2.24. The molecule has 1 aromatic carbocycles. The molecule has 1 N–H and O–H groups in total. The SMILES string of the molecule is CCCCCCOc1ccc(C(C)NCC2CCCCC2)cc1. The van der Waals surface area contributed by atoms with Crippen LogP contribution in [0.4, 0.5) is 0 Å². The lowest BCUT2D eigenvalue weighted by molar-refractivity contribution is 0.305. The predicted octanol–water partition coefficient (Wildman–Crippen LogP) is 5.88. The first-order valence-electron chi connectivity index (χ1n) is 9.75. The van der Waals surface area contributed by atoms with Gasteiger partial charge in [-0.15, -0.1) is 0 Å². The first-order chi connectivity index (χ1) is 11.3. The third-order valence-electron chi connectivity index (χ3n) is 5.08. The highest BCUT2D eigenvalue weighted by atomic mass is 16.5. The molecule has 2 heteroatoms. The molecule has 0 amide bonds. The van der Waals surface area contributed by atoms with E-state index in [1.54, 1.807) is 0 Å². The Morgan fingerprint density at radius 3 is 2.48 bits per heavy atom. The molecule has 2 nitrogen and oxygen atoms in total. The number of rotatable bonds is 10. The minimum Gasteiger partial charge on any atom is -0.494 e. The Hall–Kier alpha value is -1.02. The summed E-state index contributed by atoms with van der Waals surface area (Å²) in [6.07, 6.45) is 12.1. The summed E-state index contributed by atoms with van der Waals surface area (Å²) in [5.74, 6) is 1.89. The molecule has 2 rings (SSSR count). The number of hydrogen-bond acceptors (Lipinski definition) is 2. The predicted molar refractivity (Wildman–Crippen MR) is 99.1 cm³/mol. The lowest BCUT2D eigenvalue weighted by Crippen LogP contribution is -2.27. The fraction of sp³-hybridized carbons (Fsp3) is 0.714. The molecular weight excluding hydrogens is 282 g/mol. The zero-order valence-corrected chi connectivity index (χ0v) is 15.2. The summed E-state index contributed by atoms with van der Waals surface area (Å²) in [7, 11) is 0. The summed E-state index contributed by atoms with van der Waals surface area (Å²) in [5.41, 5.74) is 1.36. The van der Waals surface area contributed by atoms with Gasteiger partial charge in [0.05, 0.1) is 6.61 Å². The van der Waals surface area contributed by atoms with Gasteiger partial charge in [0.15, 0.2) is 0 Å². The molecular formula is C21H35NO. The van der Waals surface area contributed by atoms with E-state index in [2.05, 4.69) is 43.4 Å². The van der Waals surface area contributed by atoms with E-state index in [-0.39, 0.29) is 0 Å². The summed E-state index contributed by atoms with van der Waals surface area (Å²) in [6.45, 7) is 6.51. The van der Waals surface area contributed by atoms with Crippen LogP contribution in [0.1, 0.15) is 83.2 Å². The van der Waals surface area contributed by atoms with Crippen molar-refractivity contribution in [1.82, 2.24) is 5.32 Å². The third-order valence-corrected chi connectivity index (χ3v) is 5.08. The molecule has 0 radical (unpaired) electrons. The monoisotopic (exact) mass is 317 g/mol. The smallest absolute Gasteiger partial charge is 0.119 e. The average molecular weight is 318 g/mol. The maximum absolute atomic E-state index is 5.82. The van der Waals surface area contributed by atoms with Crippen molar-refractivity contribution in [2.45, 2.75) is 77.7 Å². The molecule has 1 aromatic rings. The molecule has 1 unspecified atom stereocenters. The van der Waals surface area contributed by atoms with E-state index in [0.29, 0.717) is 6.04 Å². The van der Waals surface area contributed by atoms with Gasteiger partial charge in [-0.05, 0) is 56.3 Å². The second-order valence-corrected chi connectivity index (χ2v) is 7.11. The van der Waals surface area contributed by atoms with Gasteiger partial charge in [0, 0.05) is 6.04 Å². The summed E-state index contributed by atoms with van der Waals surface area (Å²) < 4.78 is 5.82. The number of ether oxygens (including phenoxy) is 1. The molecule has 23 heavy (non-hydrogen) atoms. The van der Waals surface area contributed by atoms with Gasteiger partial charge < -0.3 is 10.1 Å². The van der Waals surface area contributed by atoms with Crippen LogP contribution in [0.3, 0.4) is 0 Å². The van der Waals surface area contributed by atoms with Crippen LogP contribution in [0.2, 0.25) is 0 Å². The Kier molecular flexibility index (Phi) is 8.52. The van der Waals surface area contributed by atoms with Crippen LogP contribution in [0, 0.1) is 5.92 Å². The van der Waals surface area contributed by atoms with Crippen LogP contribution in [-0.4, -0.2) is 13.2 Å². The molecule has 0 aliphatic heterocycles. The summed E-state index contributed by atoms with van der Waals surface area (Å²) in [5, 5.41) is 3.71. The molecule has 0 aromatic heterocycles. The normalized spacial score (nSPS) is 17.1. The van der Waals surface area contributed by atoms with Crippen molar-refractivity contribution in [2.24, 2.45) is 5.92 Å². The van der Waals surface area contributed by atoms with E-state index < -0.39 is 0 Å². The van der Waals surface area contributed by atoms with Gasteiger partial charge in [-0.25, -0.2) is 0 Å². The lowest BCUT2D eigenvalue weighted by atomic mass is 9.89. The summed E-state index contributed by atoms with van der Waals surface area (Å²) >= 11 is 0. The Morgan fingerprint density at radius 2 is 1.78 bits per heavy atom.